The average molecular weight is 333 g/mol. The van der Waals surface area contributed by atoms with Crippen molar-refractivity contribution in [3.8, 4) is 0 Å². The lowest BCUT2D eigenvalue weighted by Gasteiger charge is -2.16. The van der Waals surface area contributed by atoms with E-state index in [0.717, 1.165) is 12.1 Å². The molecule has 25 heavy (non-hydrogen) atoms. The monoisotopic (exact) mass is 333 g/mol. The second-order valence-corrected chi connectivity index (χ2v) is 6.69. The number of carbonyl (C=O) groups excluding carboxylic acids is 1. The minimum Gasteiger partial charge on any atom is -0.388 e. The summed E-state index contributed by atoms with van der Waals surface area (Å²) >= 11 is 0. The first-order chi connectivity index (χ1) is 12.1. The van der Waals surface area contributed by atoms with Crippen LogP contribution in [0.1, 0.15) is 33.3 Å². The first-order valence-corrected chi connectivity index (χ1v) is 8.54. The Morgan fingerprint density at radius 2 is 1.92 bits per heavy atom. The van der Waals surface area contributed by atoms with Crippen LogP contribution in [-0.2, 0) is 13.1 Å². The highest BCUT2D eigenvalue weighted by molar-refractivity contribution is 5.98. The van der Waals surface area contributed by atoms with Gasteiger partial charge in [0.2, 0.25) is 0 Å². The van der Waals surface area contributed by atoms with E-state index in [1.165, 1.54) is 11.1 Å². The largest absolute Gasteiger partial charge is 0.388 e. The lowest BCUT2D eigenvalue weighted by Crippen LogP contribution is -2.34. The number of nitrogens with zero attached hydrogens (tertiary/aromatic N) is 2. The fraction of sp³-hybridized carbons (Fsp3) is 0.238. The topological polar surface area (TPSA) is 46.1 Å². The SMILES string of the molecule is Cc1ccccc1C[n+]1ccc([C@H](O)[C@@H]2Cn3cccc3C2=O)cc1. The molecule has 0 saturated heterocycles. The number of rotatable bonds is 4. The molecule has 0 radical (unpaired) electrons. The Morgan fingerprint density at radius 1 is 1.16 bits per heavy atom. The second kappa shape index (κ2) is 6.30. The van der Waals surface area contributed by atoms with E-state index in [-0.39, 0.29) is 5.78 Å². The minimum atomic E-state index is -0.777. The molecule has 0 bridgehead atoms. The summed E-state index contributed by atoms with van der Waals surface area (Å²) in [5.41, 5.74) is 4.00. The van der Waals surface area contributed by atoms with Crippen LogP contribution in [0.2, 0.25) is 0 Å². The molecule has 126 valence electrons. The summed E-state index contributed by atoms with van der Waals surface area (Å²) in [5, 5.41) is 10.7. The zero-order chi connectivity index (χ0) is 17.4. The highest BCUT2D eigenvalue weighted by Crippen LogP contribution is 2.31. The molecule has 0 aliphatic carbocycles. The Balaban J connectivity index is 1.50. The van der Waals surface area contributed by atoms with Crippen LogP contribution in [0.25, 0.3) is 0 Å². The van der Waals surface area contributed by atoms with E-state index in [2.05, 4.69) is 23.6 Å². The van der Waals surface area contributed by atoms with Gasteiger partial charge >= 0.3 is 0 Å². The lowest BCUT2D eigenvalue weighted by molar-refractivity contribution is -0.688. The fourth-order valence-corrected chi connectivity index (χ4v) is 3.51. The first kappa shape index (κ1) is 15.8. The maximum atomic E-state index is 12.4. The van der Waals surface area contributed by atoms with Gasteiger partial charge in [0.15, 0.2) is 24.7 Å². The van der Waals surface area contributed by atoms with E-state index in [1.54, 1.807) is 0 Å². The van der Waals surface area contributed by atoms with E-state index in [4.69, 9.17) is 0 Å². The van der Waals surface area contributed by atoms with Gasteiger partial charge in [0.05, 0.1) is 17.7 Å². The number of ketones is 1. The van der Waals surface area contributed by atoms with Crippen molar-refractivity contribution in [2.45, 2.75) is 26.1 Å². The Morgan fingerprint density at radius 3 is 2.64 bits per heavy atom. The lowest BCUT2D eigenvalue weighted by atomic mass is 9.93. The van der Waals surface area contributed by atoms with Crippen LogP contribution in [0.3, 0.4) is 0 Å². The van der Waals surface area contributed by atoms with Gasteiger partial charge in [-0.25, -0.2) is 4.57 Å². The Kier molecular flexibility index (Phi) is 3.98. The summed E-state index contributed by atoms with van der Waals surface area (Å²) in [6.07, 6.45) is 5.04. The standard InChI is InChI=1S/C21H21N2O2/c1-15-5-2-3-6-17(15)13-22-11-8-16(9-12-22)20(24)18-14-23-10-4-7-19(23)21(18)25/h2-12,18,20,24H,13-14H2,1H3/q+1/t18-,20-/m0/s1. The van der Waals surface area contributed by atoms with Crippen molar-refractivity contribution in [3.05, 3.63) is 89.5 Å². The van der Waals surface area contributed by atoms with Gasteiger partial charge in [-0.05, 0) is 30.2 Å². The maximum Gasteiger partial charge on any atom is 0.187 e. The third-order valence-electron chi connectivity index (χ3n) is 5.07. The molecule has 0 fully saturated rings. The van der Waals surface area contributed by atoms with Crippen LogP contribution >= 0.6 is 0 Å². The van der Waals surface area contributed by atoms with Crippen molar-refractivity contribution in [3.63, 3.8) is 0 Å². The average Bonchev–Trinajstić information content (AvgIpc) is 3.20. The zero-order valence-electron chi connectivity index (χ0n) is 14.2. The number of aliphatic hydroxyl groups excluding tert-OH is 1. The third kappa shape index (κ3) is 2.89. The third-order valence-corrected chi connectivity index (χ3v) is 5.07. The van der Waals surface area contributed by atoms with Gasteiger partial charge in [-0.15, -0.1) is 0 Å². The number of benzene rings is 1. The molecule has 0 saturated carbocycles. The van der Waals surface area contributed by atoms with Crippen molar-refractivity contribution >= 4 is 5.78 Å². The van der Waals surface area contributed by atoms with Crippen LogP contribution < -0.4 is 4.57 Å². The number of aliphatic hydroxyl groups is 1. The molecule has 0 amide bonds. The predicted octanol–water partition coefficient (Wildman–Crippen LogP) is 2.68. The Hall–Kier alpha value is -2.72. The van der Waals surface area contributed by atoms with Crippen LogP contribution in [-0.4, -0.2) is 15.5 Å². The van der Waals surface area contributed by atoms with Gasteiger partial charge in [-0.1, -0.05) is 24.3 Å². The molecule has 0 unspecified atom stereocenters. The number of Topliss-reactive ketones (excluding diaryl/α,β-unsaturated/α-hetero) is 1. The molecule has 4 heteroatoms. The zero-order valence-corrected chi connectivity index (χ0v) is 14.2. The molecule has 1 aromatic carbocycles. The molecule has 1 aliphatic rings. The van der Waals surface area contributed by atoms with Crippen molar-refractivity contribution in [1.29, 1.82) is 0 Å². The number of pyridine rings is 1. The first-order valence-electron chi connectivity index (χ1n) is 8.54. The van der Waals surface area contributed by atoms with Crippen LogP contribution in [0.4, 0.5) is 0 Å². The van der Waals surface area contributed by atoms with Crippen molar-refractivity contribution in [2.24, 2.45) is 5.92 Å². The smallest absolute Gasteiger partial charge is 0.187 e. The molecule has 4 nitrogen and oxygen atoms in total. The number of hydrogen-bond donors (Lipinski definition) is 1. The summed E-state index contributed by atoms with van der Waals surface area (Å²) < 4.78 is 4.00. The van der Waals surface area contributed by atoms with Crippen LogP contribution in [0.5, 0.6) is 0 Å². The highest BCUT2D eigenvalue weighted by Gasteiger charge is 2.36. The maximum absolute atomic E-state index is 12.4. The minimum absolute atomic E-state index is 0.0224. The summed E-state index contributed by atoms with van der Waals surface area (Å²) in [6.45, 7) is 3.44. The van der Waals surface area contributed by atoms with Gasteiger partial charge in [-0.2, -0.15) is 0 Å². The number of aromatic nitrogens is 2. The van der Waals surface area contributed by atoms with Crippen molar-refractivity contribution in [1.82, 2.24) is 4.57 Å². The fourth-order valence-electron chi connectivity index (χ4n) is 3.51. The highest BCUT2D eigenvalue weighted by atomic mass is 16.3. The molecule has 3 aromatic rings. The van der Waals surface area contributed by atoms with E-state index >= 15 is 0 Å². The predicted molar refractivity (Wildman–Crippen MR) is 94.1 cm³/mol. The Labute approximate surface area is 147 Å². The van der Waals surface area contributed by atoms with Crippen molar-refractivity contribution < 1.29 is 14.5 Å². The molecule has 4 rings (SSSR count). The molecule has 1 N–H and O–H groups in total. The molecule has 0 spiro atoms. The van der Waals surface area contributed by atoms with E-state index in [9.17, 15) is 9.90 Å². The summed E-state index contributed by atoms with van der Waals surface area (Å²) in [4.78, 5) is 12.4. The van der Waals surface area contributed by atoms with E-state index in [0.29, 0.717) is 12.2 Å². The van der Waals surface area contributed by atoms with Gasteiger partial charge in [0, 0.05) is 30.4 Å². The molecular formula is C21H21N2O2+. The van der Waals surface area contributed by atoms with Gasteiger partial charge in [-0.3, -0.25) is 4.79 Å². The molecule has 2 aromatic heterocycles. The Bertz CT molecular complexity index is 912. The summed E-state index contributed by atoms with van der Waals surface area (Å²) in [6, 6.07) is 15.8. The molecular weight excluding hydrogens is 312 g/mol. The van der Waals surface area contributed by atoms with Crippen molar-refractivity contribution in [2.75, 3.05) is 0 Å². The van der Waals surface area contributed by atoms with Crippen LogP contribution in [0, 0.1) is 12.8 Å². The van der Waals surface area contributed by atoms with E-state index in [1.807, 2.05) is 59.6 Å². The number of carbonyl (C=O) groups is 1. The van der Waals surface area contributed by atoms with E-state index < -0.39 is 12.0 Å². The molecule has 1 aliphatic heterocycles. The van der Waals surface area contributed by atoms with Crippen LogP contribution in [0.15, 0.2) is 67.1 Å². The quantitative estimate of drug-likeness (QED) is 0.746. The second-order valence-electron chi connectivity index (χ2n) is 6.69. The normalized spacial score (nSPS) is 17.5. The van der Waals surface area contributed by atoms with Gasteiger partial charge in [0.25, 0.3) is 0 Å². The summed E-state index contributed by atoms with van der Waals surface area (Å²) in [7, 11) is 0. The van der Waals surface area contributed by atoms with Gasteiger partial charge in [0.1, 0.15) is 0 Å². The van der Waals surface area contributed by atoms with Gasteiger partial charge < -0.3 is 9.67 Å². The summed E-state index contributed by atoms with van der Waals surface area (Å²) in [5.74, 6) is -0.377. The molecule has 3 heterocycles. The molecule has 2 atom stereocenters. The number of fused-ring (bicyclic) bond motifs is 1. The number of aryl methyl sites for hydroxylation is 1. The number of hydrogen-bond acceptors (Lipinski definition) is 2.